The molecule has 1 aromatic carbocycles. The van der Waals surface area contributed by atoms with Gasteiger partial charge in [-0.15, -0.1) is 11.3 Å². The first-order valence-electron chi connectivity index (χ1n) is 5.34. The molecule has 5 nitrogen and oxygen atoms in total. The lowest BCUT2D eigenvalue weighted by molar-refractivity contribution is -0.123. The fourth-order valence-corrected chi connectivity index (χ4v) is 2.17. The van der Waals surface area contributed by atoms with E-state index in [1.54, 1.807) is 23.5 Å². The summed E-state index contributed by atoms with van der Waals surface area (Å²) >= 11 is 1.60. The highest BCUT2D eigenvalue weighted by Crippen LogP contribution is 2.25. The van der Waals surface area contributed by atoms with Gasteiger partial charge in [0.25, 0.3) is 5.91 Å². The summed E-state index contributed by atoms with van der Waals surface area (Å²) in [7, 11) is 0. The van der Waals surface area contributed by atoms with Gasteiger partial charge < -0.3 is 4.74 Å². The SMILES string of the molecule is Cc1csc(-c2ccc(OCC(=O)NN)cc2)n1. The van der Waals surface area contributed by atoms with Crippen LogP contribution in [0.2, 0.25) is 0 Å². The van der Waals surface area contributed by atoms with Gasteiger partial charge >= 0.3 is 0 Å². The van der Waals surface area contributed by atoms with Crippen molar-refractivity contribution in [2.75, 3.05) is 6.61 Å². The molecule has 1 heterocycles. The number of hydrogen-bond donors (Lipinski definition) is 2. The lowest BCUT2D eigenvalue weighted by Gasteiger charge is -2.05. The van der Waals surface area contributed by atoms with Crippen molar-refractivity contribution >= 4 is 17.2 Å². The highest BCUT2D eigenvalue weighted by molar-refractivity contribution is 7.13. The number of nitrogens with two attached hydrogens (primary N) is 1. The summed E-state index contributed by atoms with van der Waals surface area (Å²) in [6, 6.07) is 7.42. The minimum atomic E-state index is -0.366. The smallest absolute Gasteiger partial charge is 0.271 e. The molecule has 0 radical (unpaired) electrons. The van der Waals surface area contributed by atoms with Crippen molar-refractivity contribution in [3.8, 4) is 16.3 Å². The van der Waals surface area contributed by atoms with Crippen LogP contribution in [0.15, 0.2) is 29.6 Å². The van der Waals surface area contributed by atoms with Crippen molar-refractivity contribution in [2.45, 2.75) is 6.92 Å². The topological polar surface area (TPSA) is 77.2 Å². The summed E-state index contributed by atoms with van der Waals surface area (Å²) in [5.74, 6) is 5.21. The number of carbonyl (C=O) groups excluding carboxylic acids is 1. The molecule has 18 heavy (non-hydrogen) atoms. The maximum atomic E-state index is 10.9. The Kier molecular flexibility index (Phi) is 3.91. The summed E-state index contributed by atoms with van der Waals surface area (Å²) in [4.78, 5) is 15.3. The van der Waals surface area contributed by atoms with Crippen LogP contribution < -0.4 is 16.0 Å². The Morgan fingerprint density at radius 3 is 2.72 bits per heavy atom. The summed E-state index contributed by atoms with van der Waals surface area (Å²) in [6.45, 7) is 1.87. The van der Waals surface area contributed by atoms with E-state index in [1.165, 1.54) is 0 Å². The average molecular weight is 263 g/mol. The first-order chi connectivity index (χ1) is 8.69. The van der Waals surface area contributed by atoms with Gasteiger partial charge in [-0.1, -0.05) is 0 Å². The number of aryl methyl sites for hydroxylation is 1. The molecule has 1 aromatic heterocycles. The second-order valence-corrected chi connectivity index (χ2v) is 4.53. The van der Waals surface area contributed by atoms with Crippen LogP contribution in [0.1, 0.15) is 5.69 Å². The van der Waals surface area contributed by atoms with Crippen molar-refractivity contribution in [3.63, 3.8) is 0 Å². The molecule has 6 heteroatoms. The normalized spacial score (nSPS) is 10.1. The predicted octanol–water partition coefficient (Wildman–Crippen LogP) is 1.49. The molecule has 2 aromatic rings. The Morgan fingerprint density at radius 2 is 2.17 bits per heavy atom. The van der Waals surface area contributed by atoms with E-state index in [9.17, 15) is 4.79 Å². The second-order valence-electron chi connectivity index (χ2n) is 3.67. The third-order valence-electron chi connectivity index (χ3n) is 2.25. The highest BCUT2D eigenvalue weighted by atomic mass is 32.1. The molecule has 0 bridgehead atoms. The monoisotopic (exact) mass is 263 g/mol. The number of aromatic nitrogens is 1. The second kappa shape index (κ2) is 5.61. The number of thiazole rings is 1. The summed E-state index contributed by atoms with van der Waals surface area (Å²) in [6.07, 6.45) is 0. The molecule has 0 aliphatic heterocycles. The van der Waals surface area contributed by atoms with Gasteiger partial charge in [0, 0.05) is 16.6 Å². The number of rotatable bonds is 4. The van der Waals surface area contributed by atoms with E-state index in [4.69, 9.17) is 10.6 Å². The van der Waals surface area contributed by atoms with E-state index in [2.05, 4.69) is 4.98 Å². The Labute approximate surface area is 109 Å². The quantitative estimate of drug-likeness (QED) is 0.497. The number of amides is 1. The highest BCUT2D eigenvalue weighted by Gasteiger charge is 2.04. The Balaban J connectivity index is 2.03. The van der Waals surface area contributed by atoms with Crippen LogP contribution in [-0.4, -0.2) is 17.5 Å². The van der Waals surface area contributed by atoms with Gasteiger partial charge in [-0.25, -0.2) is 10.8 Å². The lowest BCUT2D eigenvalue weighted by atomic mass is 10.2. The van der Waals surface area contributed by atoms with E-state index in [1.807, 2.05) is 29.9 Å². The molecule has 0 aliphatic rings. The van der Waals surface area contributed by atoms with Gasteiger partial charge in [-0.05, 0) is 31.2 Å². The summed E-state index contributed by atoms with van der Waals surface area (Å²) < 4.78 is 5.25. The van der Waals surface area contributed by atoms with Crippen LogP contribution in [-0.2, 0) is 4.79 Å². The zero-order chi connectivity index (χ0) is 13.0. The molecule has 1 amide bonds. The Morgan fingerprint density at radius 1 is 1.44 bits per heavy atom. The average Bonchev–Trinajstić information content (AvgIpc) is 2.83. The zero-order valence-corrected chi connectivity index (χ0v) is 10.7. The minimum Gasteiger partial charge on any atom is -0.484 e. The van der Waals surface area contributed by atoms with Crippen LogP contribution in [0.25, 0.3) is 10.6 Å². The number of ether oxygens (including phenoxy) is 1. The summed E-state index contributed by atoms with van der Waals surface area (Å²) in [5, 5.41) is 2.98. The third-order valence-corrected chi connectivity index (χ3v) is 3.26. The van der Waals surface area contributed by atoms with Crippen molar-refractivity contribution in [1.29, 1.82) is 0 Å². The number of hydrazine groups is 1. The molecule has 0 atom stereocenters. The number of nitrogens with zero attached hydrogens (tertiary/aromatic N) is 1. The van der Waals surface area contributed by atoms with Crippen LogP contribution in [0, 0.1) is 6.92 Å². The van der Waals surface area contributed by atoms with Gasteiger partial charge in [0.05, 0.1) is 0 Å². The molecular weight excluding hydrogens is 250 g/mol. The van der Waals surface area contributed by atoms with Gasteiger partial charge in [0.15, 0.2) is 6.61 Å². The molecule has 0 unspecified atom stereocenters. The zero-order valence-electron chi connectivity index (χ0n) is 9.84. The Bertz CT molecular complexity index is 537. The predicted molar refractivity (Wildman–Crippen MR) is 70.1 cm³/mol. The molecule has 0 saturated heterocycles. The first kappa shape index (κ1) is 12.5. The van der Waals surface area contributed by atoms with E-state index >= 15 is 0 Å². The van der Waals surface area contributed by atoms with Crippen LogP contribution in [0.4, 0.5) is 0 Å². The molecule has 0 saturated carbocycles. The van der Waals surface area contributed by atoms with Gasteiger partial charge in [-0.3, -0.25) is 10.2 Å². The van der Waals surface area contributed by atoms with Gasteiger partial charge in [-0.2, -0.15) is 0 Å². The Hall–Kier alpha value is -1.92. The van der Waals surface area contributed by atoms with Gasteiger partial charge in [0.1, 0.15) is 10.8 Å². The molecule has 2 rings (SSSR count). The van der Waals surface area contributed by atoms with Crippen LogP contribution >= 0.6 is 11.3 Å². The standard InChI is InChI=1S/C12H13N3O2S/c1-8-7-18-12(14-8)9-2-4-10(5-3-9)17-6-11(16)15-13/h2-5,7H,6,13H2,1H3,(H,15,16). The van der Waals surface area contributed by atoms with E-state index in [0.717, 1.165) is 16.3 Å². The molecular formula is C12H13N3O2S. The number of carbonyl (C=O) groups is 1. The lowest BCUT2D eigenvalue weighted by Crippen LogP contribution is -2.34. The van der Waals surface area contributed by atoms with Crippen LogP contribution in [0.3, 0.4) is 0 Å². The maximum Gasteiger partial charge on any atom is 0.271 e. The molecule has 94 valence electrons. The van der Waals surface area contributed by atoms with E-state index < -0.39 is 0 Å². The fourth-order valence-electron chi connectivity index (χ4n) is 1.37. The van der Waals surface area contributed by atoms with Crippen molar-refractivity contribution in [2.24, 2.45) is 5.84 Å². The largest absolute Gasteiger partial charge is 0.484 e. The van der Waals surface area contributed by atoms with E-state index in [0.29, 0.717) is 5.75 Å². The fraction of sp³-hybridized carbons (Fsp3) is 0.167. The number of hydrogen-bond acceptors (Lipinski definition) is 5. The number of nitrogens with one attached hydrogen (secondary N) is 1. The van der Waals surface area contributed by atoms with Crippen molar-refractivity contribution in [1.82, 2.24) is 10.4 Å². The number of benzene rings is 1. The van der Waals surface area contributed by atoms with E-state index in [-0.39, 0.29) is 12.5 Å². The molecule has 0 aliphatic carbocycles. The first-order valence-corrected chi connectivity index (χ1v) is 6.22. The maximum absolute atomic E-state index is 10.9. The van der Waals surface area contributed by atoms with Crippen molar-refractivity contribution in [3.05, 3.63) is 35.3 Å². The summed E-state index contributed by atoms with van der Waals surface area (Å²) in [5.41, 5.74) is 4.04. The minimum absolute atomic E-state index is 0.0911. The molecule has 0 fully saturated rings. The van der Waals surface area contributed by atoms with Crippen LogP contribution in [0.5, 0.6) is 5.75 Å². The molecule has 0 spiro atoms. The third kappa shape index (κ3) is 3.06. The van der Waals surface area contributed by atoms with Gasteiger partial charge in [0.2, 0.25) is 0 Å². The van der Waals surface area contributed by atoms with Crippen molar-refractivity contribution < 1.29 is 9.53 Å². The molecule has 3 N–H and O–H groups in total.